The van der Waals surface area contributed by atoms with Crippen molar-refractivity contribution in [2.75, 3.05) is 16.8 Å². The molecule has 2 nitrogen and oxygen atoms in total. The Labute approximate surface area is 123 Å². The van der Waals surface area contributed by atoms with Gasteiger partial charge in [0.1, 0.15) is 0 Å². The molecule has 0 bridgehead atoms. The molecule has 17 heavy (non-hydrogen) atoms. The Morgan fingerprint density at radius 3 is 2.35 bits per heavy atom. The Hall–Kier alpha value is 0.0400. The predicted molar refractivity (Wildman–Crippen MR) is 75.7 cm³/mol. The largest absolute Gasteiger partial charge is 0.312 e. The lowest BCUT2D eigenvalue weighted by Gasteiger charge is -2.17. The van der Waals surface area contributed by atoms with Crippen LogP contribution in [0, 0.1) is 5.92 Å². The minimum absolute atomic E-state index is 0.0869. The van der Waals surface area contributed by atoms with E-state index in [0.717, 1.165) is 5.33 Å². The minimum Gasteiger partial charge on any atom is -0.312 e. The first-order valence-electron chi connectivity index (χ1n) is 5.03. The van der Waals surface area contributed by atoms with Gasteiger partial charge < -0.3 is 4.90 Å². The Morgan fingerprint density at radius 1 is 1.29 bits per heavy atom. The lowest BCUT2D eigenvalue weighted by molar-refractivity contribution is -0.117. The van der Waals surface area contributed by atoms with Crippen molar-refractivity contribution >= 4 is 62.3 Å². The molecule has 1 aromatic rings. The first kappa shape index (κ1) is 13.5. The third kappa shape index (κ3) is 2.73. The van der Waals surface area contributed by atoms with Crippen LogP contribution in [0.4, 0.5) is 5.69 Å². The van der Waals surface area contributed by atoms with Crippen LogP contribution in [0.3, 0.4) is 0 Å². The molecule has 1 aliphatic rings. The molecule has 6 heteroatoms. The van der Waals surface area contributed by atoms with Crippen molar-refractivity contribution in [3.05, 3.63) is 27.2 Å². The van der Waals surface area contributed by atoms with Gasteiger partial charge in [-0.3, -0.25) is 4.79 Å². The van der Waals surface area contributed by atoms with Crippen LogP contribution in [0.2, 0.25) is 15.1 Å². The molecule has 0 spiro atoms. The third-order valence-corrected chi connectivity index (χ3v) is 4.82. The monoisotopic (exact) mass is 355 g/mol. The van der Waals surface area contributed by atoms with Gasteiger partial charge in [0.05, 0.1) is 15.1 Å². The summed E-state index contributed by atoms with van der Waals surface area (Å²) in [4.78, 5) is 13.5. The van der Waals surface area contributed by atoms with E-state index in [4.69, 9.17) is 34.8 Å². The second-order valence-electron chi connectivity index (χ2n) is 3.95. The van der Waals surface area contributed by atoms with Gasteiger partial charge in [0.2, 0.25) is 5.91 Å². The van der Waals surface area contributed by atoms with E-state index in [2.05, 4.69) is 15.9 Å². The van der Waals surface area contributed by atoms with Gasteiger partial charge in [-0.25, -0.2) is 0 Å². The molecule has 1 saturated heterocycles. The average Bonchev–Trinajstić information content (AvgIpc) is 2.67. The number of carbonyl (C=O) groups excluding carboxylic acids is 1. The molecule has 1 aliphatic heterocycles. The topological polar surface area (TPSA) is 20.3 Å². The number of halogens is 4. The van der Waals surface area contributed by atoms with Gasteiger partial charge in [0, 0.05) is 24.0 Å². The normalized spacial score (nSPS) is 20.1. The zero-order chi connectivity index (χ0) is 12.6. The fraction of sp³-hybridized carbons (Fsp3) is 0.364. The fourth-order valence-corrected chi connectivity index (χ4v) is 2.85. The van der Waals surface area contributed by atoms with Crippen LogP contribution >= 0.6 is 50.7 Å². The molecule has 0 N–H and O–H groups in total. The maximum atomic E-state index is 11.8. The lowest BCUT2D eigenvalue weighted by atomic mass is 10.2. The number of anilines is 1. The standard InChI is InChI=1S/C11H9BrCl3NO/c12-4-6-1-10(17)16(5-6)7-2-8(13)11(15)9(14)3-7/h2-3,6H,1,4-5H2. The molecular weight excluding hydrogens is 348 g/mol. The van der Waals surface area contributed by atoms with E-state index in [1.807, 2.05) is 0 Å². The van der Waals surface area contributed by atoms with Gasteiger partial charge in [0.25, 0.3) is 0 Å². The molecule has 0 saturated carbocycles. The summed E-state index contributed by atoms with van der Waals surface area (Å²) in [6.07, 6.45) is 0.545. The summed E-state index contributed by atoms with van der Waals surface area (Å²) in [6, 6.07) is 3.34. The highest BCUT2D eigenvalue weighted by atomic mass is 79.9. The molecular formula is C11H9BrCl3NO. The molecule has 1 aromatic carbocycles. The maximum absolute atomic E-state index is 11.8. The molecule has 2 rings (SSSR count). The minimum atomic E-state index is 0.0869. The van der Waals surface area contributed by atoms with Gasteiger partial charge in [-0.2, -0.15) is 0 Å². The Balaban J connectivity index is 2.32. The van der Waals surface area contributed by atoms with Gasteiger partial charge in [-0.15, -0.1) is 0 Å². The summed E-state index contributed by atoms with van der Waals surface area (Å²) in [5, 5.41) is 1.86. The zero-order valence-electron chi connectivity index (χ0n) is 8.72. The third-order valence-electron chi connectivity index (χ3n) is 2.70. The van der Waals surface area contributed by atoms with E-state index in [1.165, 1.54) is 0 Å². The summed E-state index contributed by atoms with van der Waals surface area (Å²) in [6.45, 7) is 0.679. The van der Waals surface area contributed by atoms with Crippen molar-refractivity contribution in [2.45, 2.75) is 6.42 Å². The smallest absolute Gasteiger partial charge is 0.227 e. The molecule has 1 heterocycles. The first-order chi connectivity index (χ1) is 8.02. The van der Waals surface area contributed by atoms with E-state index in [0.29, 0.717) is 39.6 Å². The van der Waals surface area contributed by atoms with Crippen molar-refractivity contribution < 1.29 is 4.79 Å². The van der Waals surface area contributed by atoms with Crippen molar-refractivity contribution in [1.82, 2.24) is 0 Å². The Bertz CT molecular complexity index is 443. The van der Waals surface area contributed by atoms with E-state index < -0.39 is 0 Å². The molecule has 0 aromatic heterocycles. The van der Waals surface area contributed by atoms with E-state index in [9.17, 15) is 4.79 Å². The van der Waals surface area contributed by atoms with Crippen molar-refractivity contribution in [3.8, 4) is 0 Å². The van der Waals surface area contributed by atoms with Crippen molar-refractivity contribution in [2.24, 2.45) is 5.92 Å². The van der Waals surface area contributed by atoms with Crippen LogP contribution in [-0.2, 0) is 4.79 Å². The van der Waals surface area contributed by atoms with Crippen LogP contribution in [0.15, 0.2) is 12.1 Å². The quantitative estimate of drug-likeness (QED) is 0.568. The Kier molecular flexibility index (Phi) is 4.24. The SMILES string of the molecule is O=C1CC(CBr)CN1c1cc(Cl)c(Cl)c(Cl)c1. The van der Waals surface area contributed by atoms with Crippen LogP contribution in [-0.4, -0.2) is 17.8 Å². The fourth-order valence-electron chi connectivity index (χ4n) is 1.83. The number of hydrogen-bond acceptors (Lipinski definition) is 1. The molecule has 0 radical (unpaired) electrons. The van der Waals surface area contributed by atoms with Crippen LogP contribution in [0.25, 0.3) is 0 Å². The van der Waals surface area contributed by atoms with Gasteiger partial charge in [-0.05, 0) is 18.1 Å². The van der Waals surface area contributed by atoms with Crippen LogP contribution in [0.1, 0.15) is 6.42 Å². The lowest BCUT2D eigenvalue weighted by Crippen LogP contribution is -2.24. The summed E-state index contributed by atoms with van der Waals surface area (Å²) < 4.78 is 0. The highest BCUT2D eigenvalue weighted by Crippen LogP contribution is 2.36. The molecule has 92 valence electrons. The highest BCUT2D eigenvalue weighted by Gasteiger charge is 2.30. The second kappa shape index (κ2) is 5.35. The molecule has 1 atom stereocenters. The first-order valence-corrected chi connectivity index (χ1v) is 7.29. The molecule has 1 amide bonds. The molecule has 1 fully saturated rings. The van der Waals surface area contributed by atoms with Crippen LogP contribution in [0.5, 0.6) is 0 Å². The van der Waals surface area contributed by atoms with Crippen molar-refractivity contribution in [1.29, 1.82) is 0 Å². The number of benzene rings is 1. The number of nitrogens with zero attached hydrogens (tertiary/aromatic N) is 1. The average molecular weight is 357 g/mol. The molecule has 1 unspecified atom stereocenters. The number of alkyl halides is 1. The number of hydrogen-bond donors (Lipinski definition) is 0. The highest BCUT2D eigenvalue weighted by molar-refractivity contribution is 9.09. The number of carbonyl (C=O) groups is 1. The summed E-state index contributed by atoms with van der Waals surface area (Å²) in [7, 11) is 0. The summed E-state index contributed by atoms with van der Waals surface area (Å²) >= 11 is 21.2. The summed E-state index contributed by atoms with van der Waals surface area (Å²) in [5.74, 6) is 0.416. The molecule has 0 aliphatic carbocycles. The van der Waals surface area contributed by atoms with Gasteiger partial charge in [-0.1, -0.05) is 50.7 Å². The second-order valence-corrected chi connectivity index (χ2v) is 5.79. The Morgan fingerprint density at radius 2 is 1.88 bits per heavy atom. The number of amides is 1. The van der Waals surface area contributed by atoms with Gasteiger partial charge >= 0.3 is 0 Å². The van der Waals surface area contributed by atoms with E-state index in [1.54, 1.807) is 17.0 Å². The maximum Gasteiger partial charge on any atom is 0.227 e. The number of rotatable bonds is 2. The van der Waals surface area contributed by atoms with Gasteiger partial charge in [0.15, 0.2) is 0 Å². The van der Waals surface area contributed by atoms with E-state index >= 15 is 0 Å². The predicted octanol–water partition coefficient (Wildman–Crippen LogP) is 4.39. The van der Waals surface area contributed by atoms with E-state index in [-0.39, 0.29) is 5.91 Å². The van der Waals surface area contributed by atoms with Crippen LogP contribution < -0.4 is 4.90 Å². The van der Waals surface area contributed by atoms with Crippen molar-refractivity contribution in [3.63, 3.8) is 0 Å². The summed E-state index contributed by atoms with van der Waals surface area (Å²) in [5.41, 5.74) is 0.706. The zero-order valence-corrected chi connectivity index (χ0v) is 12.6.